The summed E-state index contributed by atoms with van der Waals surface area (Å²) < 4.78 is 0. The molecular formula is C9H10N2O. The number of rotatable bonds is 1. The smallest absolute Gasteiger partial charge is 0.252 e. The van der Waals surface area contributed by atoms with E-state index in [1.54, 1.807) is 13.0 Å². The molecule has 0 spiro atoms. The molecule has 0 aliphatic rings. The number of nitrogens with one attached hydrogen (secondary N) is 1. The van der Waals surface area contributed by atoms with Crippen molar-refractivity contribution in [3.63, 3.8) is 0 Å². The monoisotopic (exact) mass is 162 g/mol. The molecule has 12 heavy (non-hydrogen) atoms. The molecule has 0 saturated carbocycles. The Morgan fingerprint density at radius 3 is 2.92 bits per heavy atom. The molecule has 1 heterocycles. The van der Waals surface area contributed by atoms with E-state index in [1.165, 1.54) is 6.20 Å². The molecule has 0 unspecified atom stereocenters. The van der Waals surface area contributed by atoms with Gasteiger partial charge in [-0.1, -0.05) is 5.92 Å². The summed E-state index contributed by atoms with van der Waals surface area (Å²) in [6.07, 6.45) is 6.65. The summed E-state index contributed by atoms with van der Waals surface area (Å²) in [5.74, 6) is 2.42. The van der Waals surface area contributed by atoms with Gasteiger partial charge in [0.15, 0.2) is 0 Å². The molecule has 0 bridgehead atoms. The van der Waals surface area contributed by atoms with E-state index < -0.39 is 0 Å². The van der Waals surface area contributed by atoms with Crippen molar-refractivity contribution in [3.05, 3.63) is 33.7 Å². The predicted octanol–water partition coefficient (Wildman–Crippen LogP) is 0.376. The Bertz CT molecular complexity index is 371. The molecule has 3 heteroatoms. The number of aromatic nitrogens is 1. The number of hydrogen-bond donors (Lipinski definition) is 2. The Morgan fingerprint density at radius 1 is 1.75 bits per heavy atom. The van der Waals surface area contributed by atoms with Crippen LogP contribution in [-0.4, -0.2) is 4.98 Å². The zero-order chi connectivity index (χ0) is 9.14. The van der Waals surface area contributed by atoms with E-state index in [1.807, 2.05) is 0 Å². The SMILES string of the molecule is C#Cc1c[nH]c(=O)c([C@@H](C)N)c1. The molecule has 62 valence electrons. The zero-order valence-electron chi connectivity index (χ0n) is 6.79. The molecule has 0 amide bonds. The van der Waals surface area contributed by atoms with Crippen LogP contribution in [0.3, 0.4) is 0 Å². The van der Waals surface area contributed by atoms with Crippen LogP contribution in [0.5, 0.6) is 0 Å². The minimum atomic E-state index is -0.290. The molecule has 3 nitrogen and oxygen atoms in total. The van der Waals surface area contributed by atoms with E-state index in [2.05, 4.69) is 10.9 Å². The lowest BCUT2D eigenvalue weighted by atomic mass is 10.1. The highest BCUT2D eigenvalue weighted by Crippen LogP contribution is 2.04. The first kappa shape index (κ1) is 8.57. The second-order valence-electron chi connectivity index (χ2n) is 2.61. The first-order valence-corrected chi connectivity index (χ1v) is 3.60. The number of nitrogens with two attached hydrogens (primary N) is 1. The van der Waals surface area contributed by atoms with Crippen molar-refractivity contribution >= 4 is 0 Å². The first-order chi connectivity index (χ1) is 5.65. The molecule has 3 N–H and O–H groups in total. The van der Waals surface area contributed by atoms with Crippen molar-refractivity contribution in [1.29, 1.82) is 0 Å². The third-order valence-corrected chi connectivity index (χ3v) is 1.59. The first-order valence-electron chi connectivity index (χ1n) is 3.60. The van der Waals surface area contributed by atoms with Gasteiger partial charge in [0, 0.05) is 23.4 Å². The van der Waals surface area contributed by atoms with Gasteiger partial charge in [-0.05, 0) is 13.0 Å². The zero-order valence-corrected chi connectivity index (χ0v) is 6.79. The maximum Gasteiger partial charge on any atom is 0.252 e. The number of pyridine rings is 1. The average Bonchev–Trinajstić information content (AvgIpc) is 2.05. The molecule has 0 aromatic carbocycles. The lowest BCUT2D eigenvalue weighted by molar-refractivity contribution is 0.799. The van der Waals surface area contributed by atoms with Gasteiger partial charge in [0.2, 0.25) is 0 Å². The third-order valence-electron chi connectivity index (χ3n) is 1.59. The molecule has 0 radical (unpaired) electrons. The van der Waals surface area contributed by atoms with Gasteiger partial charge < -0.3 is 10.7 Å². The van der Waals surface area contributed by atoms with Crippen LogP contribution in [-0.2, 0) is 0 Å². The van der Waals surface area contributed by atoms with Crippen molar-refractivity contribution in [2.24, 2.45) is 5.73 Å². The van der Waals surface area contributed by atoms with E-state index in [9.17, 15) is 4.79 Å². The molecule has 0 saturated heterocycles. The van der Waals surface area contributed by atoms with Gasteiger partial charge in [0.1, 0.15) is 0 Å². The number of H-pyrrole nitrogens is 1. The predicted molar refractivity (Wildman–Crippen MR) is 47.6 cm³/mol. The Morgan fingerprint density at radius 2 is 2.42 bits per heavy atom. The fourth-order valence-corrected chi connectivity index (χ4v) is 0.923. The topological polar surface area (TPSA) is 58.9 Å². The molecule has 0 aliphatic heterocycles. The fourth-order valence-electron chi connectivity index (χ4n) is 0.923. The lowest BCUT2D eigenvalue weighted by Gasteiger charge is -2.03. The Labute approximate surface area is 70.6 Å². The highest BCUT2D eigenvalue weighted by Gasteiger charge is 2.04. The van der Waals surface area contributed by atoms with Crippen LogP contribution in [0.15, 0.2) is 17.1 Å². The van der Waals surface area contributed by atoms with Gasteiger partial charge in [-0.3, -0.25) is 4.79 Å². The van der Waals surface area contributed by atoms with E-state index in [4.69, 9.17) is 12.2 Å². The van der Waals surface area contributed by atoms with Crippen LogP contribution >= 0.6 is 0 Å². The number of terminal acetylenes is 1. The van der Waals surface area contributed by atoms with Crippen molar-refractivity contribution in [3.8, 4) is 12.3 Å². The maximum atomic E-state index is 11.1. The quantitative estimate of drug-likeness (QED) is 0.586. The van der Waals surface area contributed by atoms with Crippen molar-refractivity contribution in [1.82, 2.24) is 4.98 Å². The third kappa shape index (κ3) is 1.55. The number of hydrogen-bond acceptors (Lipinski definition) is 2. The van der Waals surface area contributed by atoms with Gasteiger partial charge in [0.25, 0.3) is 5.56 Å². The molecule has 0 fully saturated rings. The summed E-state index contributed by atoms with van der Waals surface area (Å²) in [6, 6.07) is 1.34. The summed E-state index contributed by atoms with van der Waals surface area (Å²) >= 11 is 0. The molecule has 1 aromatic rings. The molecule has 1 aromatic heterocycles. The maximum absolute atomic E-state index is 11.1. The van der Waals surface area contributed by atoms with Gasteiger partial charge in [0.05, 0.1) is 0 Å². The minimum Gasteiger partial charge on any atom is -0.328 e. The summed E-state index contributed by atoms with van der Waals surface area (Å²) in [4.78, 5) is 13.6. The van der Waals surface area contributed by atoms with E-state index in [-0.39, 0.29) is 11.6 Å². The Balaban J connectivity index is 3.29. The van der Waals surface area contributed by atoms with Crippen molar-refractivity contribution in [2.75, 3.05) is 0 Å². The minimum absolute atomic E-state index is 0.177. The Hall–Kier alpha value is -1.53. The van der Waals surface area contributed by atoms with Gasteiger partial charge in [-0.2, -0.15) is 0 Å². The van der Waals surface area contributed by atoms with Gasteiger partial charge in [-0.25, -0.2) is 0 Å². The summed E-state index contributed by atoms with van der Waals surface area (Å²) in [7, 11) is 0. The molecule has 1 atom stereocenters. The van der Waals surface area contributed by atoms with E-state index in [0.29, 0.717) is 11.1 Å². The van der Waals surface area contributed by atoms with Gasteiger partial charge in [-0.15, -0.1) is 6.42 Å². The largest absolute Gasteiger partial charge is 0.328 e. The molecule has 0 aliphatic carbocycles. The normalized spacial score (nSPS) is 12.1. The van der Waals surface area contributed by atoms with Crippen LogP contribution in [0.1, 0.15) is 24.1 Å². The molecule has 1 rings (SSSR count). The van der Waals surface area contributed by atoms with E-state index in [0.717, 1.165) is 0 Å². The van der Waals surface area contributed by atoms with Crippen LogP contribution in [0, 0.1) is 12.3 Å². The average molecular weight is 162 g/mol. The van der Waals surface area contributed by atoms with Crippen LogP contribution in [0.4, 0.5) is 0 Å². The van der Waals surface area contributed by atoms with E-state index >= 15 is 0 Å². The second-order valence-corrected chi connectivity index (χ2v) is 2.61. The Kier molecular flexibility index (Phi) is 2.32. The summed E-state index contributed by atoms with van der Waals surface area (Å²) in [6.45, 7) is 1.74. The lowest BCUT2D eigenvalue weighted by Crippen LogP contribution is -2.19. The highest BCUT2D eigenvalue weighted by molar-refractivity contribution is 5.32. The van der Waals surface area contributed by atoms with Crippen LogP contribution < -0.4 is 11.3 Å². The number of aromatic amines is 1. The summed E-state index contributed by atoms with van der Waals surface area (Å²) in [5.41, 5.74) is 6.53. The fraction of sp³-hybridized carbons (Fsp3) is 0.222. The van der Waals surface area contributed by atoms with Gasteiger partial charge >= 0.3 is 0 Å². The second kappa shape index (κ2) is 3.24. The van der Waals surface area contributed by atoms with Crippen LogP contribution in [0.2, 0.25) is 0 Å². The standard InChI is InChI=1S/C9H10N2O/c1-3-7-4-8(6(2)10)9(12)11-5-7/h1,4-6H,10H2,2H3,(H,11,12)/t6-/m1/s1. The summed E-state index contributed by atoms with van der Waals surface area (Å²) in [5, 5.41) is 0. The van der Waals surface area contributed by atoms with Crippen molar-refractivity contribution in [2.45, 2.75) is 13.0 Å². The molecular weight excluding hydrogens is 152 g/mol. The van der Waals surface area contributed by atoms with Crippen molar-refractivity contribution < 1.29 is 0 Å². The highest BCUT2D eigenvalue weighted by atomic mass is 16.1. The van der Waals surface area contributed by atoms with Crippen LogP contribution in [0.25, 0.3) is 0 Å².